The lowest BCUT2D eigenvalue weighted by Crippen LogP contribution is -2.39. The Kier molecular flexibility index (Phi) is 2.28. The zero-order chi connectivity index (χ0) is 11.2. The van der Waals surface area contributed by atoms with Crippen molar-refractivity contribution in [3.8, 4) is 0 Å². The van der Waals surface area contributed by atoms with Crippen LogP contribution in [0.3, 0.4) is 0 Å². The van der Waals surface area contributed by atoms with Crippen LogP contribution in [0, 0.1) is 12.3 Å². The summed E-state index contributed by atoms with van der Waals surface area (Å²) in [6.45, 7) is 2.86. The fraction of sp³-hybridized carbons (Fsp3) is 0.833. The van der Waals surface area contributed by atoms with Crippen molar-refractivity contribution in [1.29, 1.82) is 0 Å². The summed E-state index contributed by atoms with van der Waals surface area (Å²) in [6.07, 6.45) is 7.47. The highest BCUT2D eigenvalue weighted by Crippen LogP contribution is 2.44. The van der Waals surface area contributed by atoms with Crippen LogP contribution in [0.4, 0.5) is 0 Å². The van der Waals surface area contributed by atoms with Crippen molar-refractivity contribution in [3.63, 3.8) is 0 Å². The van der Waals surface area contributed by atoms with Crippen molar-refractivity contribution >= 4 is 0 Å². The number of nitrogens with two attached hydrogens (primary N) is 1. The van der Waals surface area contributed by atoms with E-state index in [1.807, 2.05) is 0 Å². The Balaban J connectivity index is 1.83. The van der Waals surface area contributed by atoms with Gasteiger partial charge in [-0.1, -0.05) is 6.42 Å². The number of rotatable bonds is 4. The summed E-state index contributed by atoms with van der Waals surface area (Å²) in [5.41, 5.74) is 6.25. The summed E-state index contributed by atoms with van der Waals surface area (Å²) < 4.78 is 2.34. The fourth-order valence-corrected chi connectivity index (χ4v) is 2.81. The van der Waals surface area contributed by atoms with Crippen molar-refractivity contribution < 1.29 is 0 Å². The van der Waals surface area contributed by atoms with Gasteiger partial charge in [0.1, 0.15) is 11.6 Å². The molecule has 0 aliphatic heterocycles. The van der Waals surface area contributed by atoms with E-state index in [2.05, 4.69) is 21.7 Å². The van der Waals surface area contributed by atoms with Crippen molar-refractivity contribution in [1.82, 2.24) is 14.8 Å². The van der Waals surface area contributed by atoms with Gasteiger partial charge in [0.05, 0.1) is 0 Å². The summed E-state index contributed by atoms with van der Waals surface area (Å²) >= 11 is 0. The molecule has 88 valence electrons. The summed E-state index contributed by atoms with van der Waals surface area (Å²) in [7, 11) is 0. The first-order valence-electron chi connectivity index (χ1n) is 6.35. The number of aryl methyl sites for hydroxylation is 1. The third-order valence-corrected chi connectivity index (χ3v) is 4.23. The predicted octanol–water partition coefficient (Wildman–Crippen LogP) is 1.59. The molecule has 0 radical (unpaired) electrons. The minimum Gasteiger partial charge on any atom is -0.330 e. The maximum Gasteiger partial charge on any atom is 0.133 e. The number of hydrogen-bond donors (Lipinski definition) is 1. The maximum absolute atomic E-state index is 5.91. The summed E-state index contributed by atoms with van der Waals surface area (Å²) in [6, 6.07) is 0.680. The van der Waals surface area contributed by atoms with E-state index >= 15 is 0 Å². The first-order valence-corrected chi connectivity index (χ1v) is 6.35. The third kappa shape index (κ3) is 1.56. The summed E-state index contributed by atoms with van der Waals surface area (Å²) in [4.78, 5) is 0. The molecule has 2 aliphatic rings. The molecule has 4 nitrogen and oxygen atoms in total. The van der Waals surface area contributed by atoms with Crippen LogP contribution in [0.2, 0.25) is 0 Å². The molecule has 0 saturated heterocycles. The Bertz CT molecular complexity index is 382. The first-order chi connectivity index (χ1) is 7.74. The van der Waals surface area contributed by atoms with E-state index in [-0.39, 0.29) is 0 Å². The molecular weight excluding hydrogens is 200 g/mol. The van der Waals surface area contributed by atoms with Gasteiger partial charge in [-0.25, -0.2) is 0 Å². The summed E-state index contributed by atoms with van der Waals surface area (Å²) in [5.74, 6) is 2.24. The van der Waals surface area contributed by atoms with Crippen LogP contribution in [0.5, 0.6) is 0 Å². The average Bonchev–Trinajstić information content (AvgIpc) is 2.98. The van der Waals surface area contributed by atoms with Gasteiger partial charge in [0.15, 0.2) is 0 Å². The zero-order valence-corrected chi connectivity index (χ0v) is 9.95. The highest BCUT2D eigenvalue weighted by Gasteiger charge is 2.38. The van der Waals surface area contributed by atoms with Gasteiger partial charge in [0, 0.05) is 12.5 Å². The van der Waals surface area contributed by atoms with Gasteiger partial charge in [-0.05, 0) is 44.6 Å². The van der Waals surface area contributed by atoms with Crippen molar-refractivity contribution in [2.45, 2.75) is 51.5 Å². The standard InChI is InChI=1S/C12H20N4/c1-9-14-15-11(16(9)10-3-4-10)7-12(8-13)5-2-6-12/h10H,2-8,13H2,1H3. The lowest BCUT2D eigenvalue weighted by molar-refractivity contribution is 0.139. The monoisotopic (exact) mass is 220 g/mol. The molecule has 0 aromatic carbocycles. The van der Waals surface area contributed by atoms with E-state index < -0.39 is 0 Å². The molecule has 2 aliphatic carbocycles. The molecule has 16 heavy (non-hydrogen) atoms. The van der Waals surface area contributed by atoms with E-state index in [9.17, 15) is 0 Å². The van der Waals surface area contributed by atoms with Gasteiger partial charge in [-0.2, -0.15) is 0 Å². The molecule has 1 aromatic heterocycles. The van der Waals surface area contributed by atoms with Gasteiger partial charge in [0.2, 0.25) is 0 Å². The molecule has 3 rings (SSSR count). The second-order valence-electron chi connectivity index (χ2n) is 5.50. The van der Waals surface area contributed by atoms with Gasteiger partial charge in [-0.15, -0.1) is 10.2 Å². The fourth-order valence-electron chi connectivity index (χ4n) is 2.81. The predicted molar refractivity (Wildman–Crippen MR) is 62.1 cm³/mol. The van der Waals surface area contributed by atoms with Crippen molar-refractivity contribution in [2.24, 2.45) is 11.1 Å². The van der Waals surface area contributed by atoms with Gasteiger partial charge in [-0.3, -0.25) is 0 Å². The molecule has 0 bridgehead atoms. The van der Waals surface area contributed by atoms with Crippen LogP contribution in [-0.2, 0) is 6.42 Å². The molecule has 1 heterocycles. The van der Waals surface area contributed by atoms with Gasteiger partial charge >= 0.3 is 0 Å². The van der Waals surface area contributed by atoms with E-state index in [0.717, 1.165) is 18.8 Å². The van der Waals surface area contributed by atoms with Crippen molar-refractivity contribution in [2.75, 3.05) is 6.54 Å². The molecule has 4 heteroatoms. The highest BCUT2D eigenvalue weighted by molar-refractivity contribution is 5.06. The Morgan fingerprint density at radius 1 is 1.38 bits per heavy atom. The second-order valence-corrected chi connectivity index (χ2v) is 5.50. The molecule has 0 unspecified atom stereocenters. The second kappa shape index (κ2) is 3.55. The minimum atomic E-state index is 0.339. The topological polar surface area (TPSA) is 56.7 Å². The Hall–Kier alpha value is -0.900. The van der Waals surface area contributed by atoms with E-state index in [4.69, 9.17) is 5.73 Å². The van der Waals surface area contributed by atoms with Crippen LogP contribution >= 0.6 is 0 Å². The molecule has 2 saturated carbocycles. The Morgan fingerprint density at radius 2 is 2.12 bits per heavy atom. The lowest BCUT2D eigenvalue weighted by atomic mass is 9.66. The van der Waals surface area contributed by atoms with E-state index in [0.29, 0.717) is 11.5 Å². The van der Waals surface area contributed by atoms with Gasteiger partial charge in [0.25, 0.3) is 0 Å². The lowest BCUT2D eigenvalue weighted by Gasteiger charge is -2.40. The normalized spacial score (nSPS) is 23.1. The molecule has 0 amide bonds. The van der Waals surface area contributed by atoms with Crippen LogP contribution < -0.4 is 5.73 Å². The van der Waals surface area contributed by atoms with E-state index in [1.54, 1.807) is 0 Å². The van der Waals surface area contributed by atoms with Crippen LogP contribution in [0.15, 0.2) is 0 Å². The van der Waals surface area contributed by atoms with Crippen LogP contribution in [0.1, 0.15) is 49.8 Å². The number of hydrogen-bond acceptors (Lipinski definition) is 3. The number of aromatic nitrogens is 3. The molecule has 1 aromatic rings. The maximum atomic E-state index is 5.91. The quantitative estimate of drug-likeness (QED) is 0.838. The third-order valence-electron chi connectivity index (χ3n) is 4.23. The molecular formula is C12H20N4. The van der Waals surface area contributed by atoms with Crippen LogP contribution in [0.25, 0.3) is 0 Å². The molecule has 2 N–H and O–H groups in total. The van der Waals surface area contributed by atoms with Crippen LogP contribution in [-0.4, -0.2) is 21.3 Å². The Morgan fingerprint density at radius 3 is 2.62 bits per heavy atom. The SMILES string of the molecule is Cc1nnc(CC2(CN)CCC2)n1C1CC1. The number of nitrogens with zero attached hydrogens (tertiary/aromatic N) is 3. The van der Waals surface area contributed by atoms with Gasteiger partial charge < -0.3 is 10.3 Å². The Labute approximate surface area is 96.2 Å². The average molecular weight is 220 g/mol. The smallest absolute Gasteiger partial charge is 0.133 e. The molecule has 0 atom stereocenters. The van der Waals surface area contributed by atoms with Crippen molar-refractivity contribution in [3.05, 3.63) is 11.6 Å². The largest absolute Gasteiger partial charge is 0.330 e. The highest BCUT2D eigenvalue weighted by atomic mass is 15.3. The first kappa shape index (κ1) is 10.3. The zero-order valence-electron chi connectivity index (χ0n) is 9.95. The molecule has 0 spiro atoms. The minimum absolute atomic E-state index is 0.339. The molecule has 2 fully saturated rings. The summed E-state index contributed by atoms with van der Waals surface area (Å²) in [5, 5.41) is 8.58. The van der Waals surface area contributed by atoms with E-state index in [1.165, 1.54) is 37.9 Å².